The van der Waals surface area contributed by atoms with Crippen LogP contribution >= 0.6 is 0 Å². The van der Waals surface area contributed by atoms with E-state index in [-0.39, 0.29) is 5.97 Å². The van der Waals surface area contributed by atoms with Crippen LogP contribution in [-0.4, -0.2) is 22.5 Å². The first-order valence-electron chi connectivity index (χ1n) is 12.4. The van der Waals surface area contributed by atoms with Crippen LogP contribution in [-0.2, 0) is 16.0 Å². The van der Waals surface area contributed by atoms with E-state index >= 15 is 0 Å². The molecule has 4 nitrogen and oxygen atoms in total. The van der Waals surface area contributed by atoms with Crippen LogP contribution in [0.4, 0.5) is 0 Å². The van der Waals surface area contributed by atoms with E-state index in [1.54, 1.807) is 6.08 Å². The van der Waals surface area contributed by atoms with Crippen molar-refractivity contribution in [2.24, 2.45) is 5.92 Å². The Labute approximate surface area is 194 Å². The molecule has 0 bridgehead atoms. The summed E-state index contributed by atoms with van der Waals surface area (Å²) >= 11 is 0. The molecule has 0 amide bonds. The van der Waals surface area contributed by atoms with Gasteiger partial charge in [-0.1, -0.05) is 96.4 Å². The molecule has 174 valence electrons. The average Bonchev–Trinajstić information content (AvgIpc) is 2.83. The Morgan fingerprint density at radius 1 is 0.938 bits per heavy atom. The zero-order chi connectivity index (χ0) is 23.0. The average molecular weight is 437 g/mol. The van der Waals surface area contributed by atoms with Crippen LogP contribution in [0, 0.1) is 5.92 Å². The number of rotatable bonds is 15. The fourth-order valence-corrected chi connectivity index (χ4v) is 3.39. The standard InChI is InChI=1S/C28H40N2O2/c1-4-6-7-8-9-10-11-12-13-25-20-29-28(30-21-25)26-17-14-24(15-18-26)16-19-27(31)32-22-23(3)5-2/h14-21,23H,4-13,22H2,1-3H3/b19-16+. The van der Waals surface area contributed by atoms with Gasteiger partial charge in [0.05, 0.1) is 6.61 Å². The predicted octanol–water partition coefficient (Wildman–Crippen LogP) is 7.43. The Morgan fingerprint density at radius 3 is 2.19 bits per heavy atom. The van der Waals surface area contributed by atoms with Crippen molar-refractivity contribution in [3.8, 4) is 11.4 Å². The topological polar surface area (TPSA) is 52.1 Å². The molecule has 1 aromatic carbocycles. The molecule has 2 aromatic rings. The van der Waals surface area contributed by atoms with E-state index in [0.29, 0.717) is 12.5 Å². The van der Waals surface area contributed by atoms with Gasteiger partial charge in [-0.15, -0.1) is 0 Å². The maximum atomic E-state index is 11.8. The first-order valence-corrected chi connectivity index (χ1v) is 12.4. The van der Waals surface area contributed by atoms with Gasteiger partial charge in [-0.3, -0.25) is 0 Å². The van der Waals surface area contributed by atoms with Crippen LogP contribution in [0.2, 0.25) is 0 Å². The minimum atomic E-state index is -0.301. The Kier molecular flexibility index (Phi) is 12.3. The lowest BCUT2D eigenvalue weighted by Crippen LogP contribution is -2.08. The number of hydrogen-bond acceptors (Lipinski definition) is 4. The Morgan fingerprint density at radius 2 is 1.56 bits per heavy atom. The summed E-state index contributed by atoms with van der Waals surface area (Å²) in [6.45, 7) is 6.88. The van der Waals surface area contributed by atoms with Crippen molar-refractivity contribution in [3.05, 3.63) is 53.9 Å². The van der Waals surface area contributed by atoms with E-state index in [9.17, 15) is 4.79 Å². The lowest BCUT2D eigenvalue weighted by atomic mass is 10.1. The molecule has 1 atom stereocenters. The third-order valence-corrected chi connectivity index (χ3v) is 5.81. The van der Waals surface area contributed by atoms with Crippen molar-refractivity contribution in [1.82, 2.24) is 9.97 Å². The van der Waals surface area contributed by atoms with Crippen LogP contribution in [0.15, 0.2) is 42.7 Å². The molecule has 0 aliphatic carbocycles. The van der Waals surface area contributed by atoms with Gasteiger partial charge in [0, 0.05) is 24.0 Å². The van der Waals surface area contributed by atoms with Gasteiger partial charge >= 0.3 is 5.97 Å². The molecule has 2 rings (SSSR count). The van der Waals surface area contributed by atoms with Gasteiger partial charge in [-0.05, 0) is 36.0 Å². The van der Waals surface area contributed by atoms with Gasteiger partial charge in [-0.25, -0.2) is 14.8 Å². The molecule has 0 saturated heterocycles. The minimum absolute atomic E-state index is 0.301. The van der Waals surface area contributed by atoms with Crippen molar-refractivity contribution >= 4 is 12.0 Å². The molecule has 4 heteroatoms. The summed E-state index contributed by atoms with van der Waals surface area (Å²) < 4.78 is 5.24. The summed E-state index contributed by atoms with van der Waals surface area (Å²) in [6, 6.07) is 7.90. The summed E-state index contributed by atoms with van der Waals surface area (Å²) in [5.74, 6) is 0.816. The number of esters is 1. The molecule has 0 N–H and O–H groups in total. The predicted molar refractivity (Wildman–Crippen MR) is 133 cm³/mol. The summed E-state index contributed by atoms with van der Waals surface area (Å²) in [5, 5.41) is 0. The highest BCUT2D eigenvalue weighted by Crippen LogP contribution is 2.17. The summed E-state index contributed by atoms with van der Waals surface area (Å²) in [4.78, 5) is 20.9. The molecule has 32 heavy (non-hydrogen) atoms. The number of aromatic nitrogens is 2. The first-order chi connectivity index (χ1) is 15.6. The van der Waals surface area contributed by atoms with Gasteiger partial charge in [0.15, 0.2) is 5.82 Å². The highest BCUT2D eigenvalue weighted by atomic mass is 16.5. The number of aryl methyl sites for hydroxylation is 1. The van der Waals surface area contributed by atoms with Crippen LogP contribution in [0.3, 0.4) is 0 Å². The zero-order valence-electron chi connectivity index (χ0n) is 20.2. The van der Waals surface area contributed by atoms with Gasteiger partial charge < -0.3 is 4.74 Å². The molecule has 0 aliphatic rings. The molecule has 0 aliphatic heterocycles. The van der Waals surface area contributed by atoms with E-state index in [4.69, 9.17) is 4.74 Å². The summed E-state index contributed by atoms with van der Waals surface area (Å²) in [5.41, 5.74) is 3.12. The van der Waals surface area contributed by atoms with Gasteiger partial charge in [0.1, 0.15) is 0 Å². The second-order valence-electron chi connectivity index (χ2n) is 8.74. The van der Waals surface area contributed by atoms with Crippen molar-refractivity contribution in [3.63, 3.8) is 0 Å². The molecule has 0 spiro atoms. The maximum absolute atomic E-state index is 11.8. The Hall–Kier alpha value is -2.49. The Balaban J connectivity index is 1.74. The van der Waals surface area contributed by atoms with Crippen LogP contribution < -0.4 is 0 Å². The van der Waals surface area contributed by atoms with Crippen LogP contribution in [0.25, 0.3) is 17.5 Å². The molecule has 1 aromatic heterocycles. The van der Waals surface area contributed by atoms with Gasteiger partial charge in [0.25, 0.3) is 0 Å². The Bertz CT molecular complexity index is 797. The van der Waals surface area contributed by atoms with E-state index in [0.717, 1.165) is 29.8 Å². The van der Waals surface area contributed by atoms with Gasteiger partial charge in [0.2, 0.25) is 0 Å². The van der Waals surface area contributed by atoms with E-state index in [1.807, 2.05) is 36.7 Å². The van der Waals surface area contributed by atoms with E-state index in [2.05, 4.69) is 30.7 Å². The minimum Gasteiger partial charge on any atom is -0.462 e. The highest BCUT2D eigenvalue weighted by Gasteiger charge is 2.04. The van der Waals surface area contributed by atoms with Crippen molar-refractivity contribution in [2.45, 2.75) is 85.0 Å². The zero-order valence-corrected chi connectivity index (χ0v) is 20.2. The van der Waals surface area contributed by atoms with Crippen molar-refractivity contribution in [2.75, 3.05) is 6.61 Å². The molecular weight excluding hydrogens is 396 g/mol. The number of hydrogen-bond donors (Lipinski definition) is 0. The maximum Gasteiger partial charge on any atom is 0.330 e. The van der Waals surface area contributed by atoms with Crippen LogP contribution in [0.5, 0.6) is 0 Å². The van der Waals surface area contributed by atoms with Gasteiger partial charge in [-0.2, -0.15) is 0 Å². The van der Waals surface area contributed by atoms with E-state index in [1.165, 1.54) is 63.0 Å². The quantitative estimate of drug-likeness (QED) is 0.165. The SMILES string of the molecule is CCCCCCCCCCc1cnc(-c2ccc(/C=C/C(=O)OCC(C)CC)cc2)nc1. The van der Waals surface area contributed by atoms with Crippen LogP contribution in [0.1, 0.15) is 89.7 Å². The summed E-state index contributed by atoms with van der Waals surface area (Å²) in [6.07, 6.45) is 19.8. The van der Waals surface area contributed by atoms with Crippen molar-refractivity contribution in [1.29, 1.82) is 0 Å². The smallest absolute Gasteiger partial charge is 0.330 e. The molecule has 1 heterocycles. The third kappa shape index (κ3) is 10.2. The molecule has 0 fully saturated rings. The number of nitrogens with zero attached hydrogens (tertiary/aromatic N) is 2. The number of unbranched alkanes of at least 4 members (excludes halogenated alkanes) is 7. The lowest BCUT2D eigenvalue weighted by Gasteiger charge is -2.07. The second kappa shape index (κ2) is 15.3. The third-order valence-electron chi connectivity index (χ3n) is 5.81. The van der Waals surface area contributed by atoms with Crippen molar-refractivity contribution < 1.29 is 9.53 Å². The highest BCUT2D eigenvalue weighted by molar-refractivity contribution is 5.87. The molecule has 1 unspecified atom stereocenters. The molecule has 0 saturated carbocycles. The summed E-state index contributed by atoms with van der Waals surface area (Å²) in [7, 11) is 0. The second-order valence-corrected chi connectivity index (χ2v) is 8.74. The fraction of sp³-hybridized carbons (Fsp3) is 0.536. The van der Waals surface area contributed by atoms with E-state index < -0.39 is 0 Å². The number of carbonyl (C=O) groups excluding carboxylic acids is 1. The number of benzene rings is 1. The monoisotopic (exact) mass is 436 g/mol. The normalized spacial score (nSPS) is 12.2. The largest absolute Gasteiger partial charge is 0.462 e. The number of ether oxygens (including phenoxy) is 1. The number of carbonyl (C=O) groups is 1. The molecule has 0 radical (unpaired) electrons. The fourth-order valence-electron chi connectivity index (χ4n) is 3.39. The lowest BCUT2D eigenvalue weighted by molar-refractivity contribution is -0.138. The first kappa shape index (κ1) is 25.8. The molecular formula is C28H40N2O2.